The molecule has 0 saturated carbocycles. The molecule has 0 saturated heterocycles. The lowest BCUT2D eigenvalue weighted by Gasteiger charge is -2.24. The summed E-state index contributed by atoms with van der Waals surface area (Å²) in [4.78, 5) is 11.1. The van der Waals surface area contributed by atoms with Crippen LogP contribution in [-0.2, 0) is 9.53 Å². The maximum absolute atomic E-state index is 11.1. The fraction of sp³-hybridized carbons (Fsp3) is 0.900. The van der Waals surface area contributed by atoms with Crippen LogP contribution in [0.5, 0.6) is 0 Å². The third kappa shape index (κ3) is 6.86. The summed E-state index contributed by atoms with van der Waals surface area (Å²) in [6.45, 7) is 5.75. The van der Waals surface area contributed by atoms with Crippen LogP contribution in [-0.4, -0.2) is 32.7 Å². The quantitative estimate of drug-likeness (QED) is 0.632. The molecule has 0 aliphatic rings. The third-order valence-electron chi connectivity index (χ3n) is 2.10. The summed E-state index contributed by atoms with van der Waals surface area (Å²) in [5.74, 6) is -0.0617. The van der Waals surface area contributed by atoms with Crippen LogP contribution in [0.15, 0.2) is 0 Å². The molecule has 0 aliphatic heterocycles. The lowest BCUT2D eigenvalue weighted by Crippen LogP contribution is -2.36. The summed E-state index contributed by atoms with van der Waals surface area (Å²) in [7, 11) is 1.51. The fourth-order valence-corrected chi connectivity index (χ4v) is 1.19. The predicted molar refractivity (Wildman–Crippen MR) is 57.0 cm³/mol. The van der Waals surface area contributed by atoms with Crippen LogP contribution in [0, 0.1) is 5.41 Å². The highest BCUT2D eigenvalue weighted by molar-refractivity contribution is 5.77. The molecule has 0 heterocycles. The minimum atomic E-state index is -0.0617. The van der Waals surface area contributed by atoms with E-state index in [4.69, 9.17) is 10.5 Å². The Morgan fingerprint density at radius 1 is 1.50 bits per heavy atom. The molecule has 0 spiro atoms. The van der Waals surface area contributed by atoms with Gasteiger partial charge in [-0.1, -0.05) is 13.8 Å². The zero-order valence-corrected chi connectivity index (χ0v) is 9.43. The van der Waals surface area contributed by atoms with Crippen LogP contribution in [0.3, 0.4) is 0 Å². The Bertz CT molecular complexity index is 170. The van der Waals surface area contributed by atoms with Crippen molar-refractivity contribution in [3.05, 3.63) is 0 Å². The first-order chi connectivity index (χ1) is 6.52. The number of amides is 1. The molecule has 0 aromatic carbocycles. The van der Waals surface area contributed by atoms with Gasteiger partial charge in [0.1, 0.15) is 6.61 Å². The predicted octanol–water partition coefficient (Wildman–Crippen LogP) is 0.514. The van der Waals surface area contributed by atoms with Crippen LogP contribution in [0.25, 0.3) is 0 Å². The van der Waals surface area contributed by atoms with E-state index in [1.807, 2.05) is 0 Å². The molecule has 84 valence electrons. The molecule has 14 heavy (non-hydrogen) atoms. The molecule has 0 aromatic heterocycles. The van der Waals surface area contributed by atoms with Gasteiger partial charge >= 0.3 is 0 Å². The van der Waals surface area contributed by atoms with E-state index in [0.29, 0.717) is 13.1 Å². The van der Waals surface area contributed by atoms with Crippen molar-refractivity contribution in [2.75, 3.05) is 26.8 Å². The number of nitrogens with one attached hydrogen (secondary N) is 1. The molecule has 0 aliphatic carbocycles. The Hall–Kier alpha value is -0.610. The average Bonchev–Trinajstić information content (AvgIpc) is 2.13. The molecule has 0 radical (unpaired) electrons. The summed E-state index contributed by atoms with van der Waals surface area (Å²) in [5, 5.41) is 2.83. The van der Waals surface area contributed by atoms with Gasteiger partial charge in [0.15, 0.2) is 0 Å². The Morgan fingerprint density at radius 2 is 2.14 bits per heavy atom. The van der Waals surface area contributed by atoms with Crippen molar-refractivity contribution in [2.45, 2.75) is 26.7 Å². The van der Waals surface area contributed by atoms with Crippen LogP contribution in [0.2, 0.25) is 0 Å². The summed E-state index contributed by atoms with van der Waals surface area (Å²) in [5.41, 5.74) is 5.55. The standard InChI is InChI=1S/C10H22N2O2/c1-10(2,5-4-6-11)8-12-9(13)7-14-3/h4-8,11H2,1-3H3,(H,12,13). The molecule has 0 bridgehead atoms. The van der Waals surface area contributed by atoms with Crippen LogP contribution >= 0.6 is 0 Å². The van der Waals surface area contributed by atoms with Gasteiger partial charge in [-0.25, -0.2) is 0 Å². The Labute approximate surface area is 86.2 Å². The summed E-state index contributed by atoms with van der Waals surface area (Å²) < 4.78 is 4.72. The molecule has 0 rings (SSSR count). The second-order valence-corrected chi connectivity index (χ2v) is 4.27. The Morgan fingerprint density at radius 3 is 2.64 bits per heavy atom. The van der Waals surface area contributed by atoms with E-state index >= 15 is 0 Å². The van der Waals surface area contributed by atoms with Crippen molar-refractivity contribution in [1.29, 1.82) is 0 Å². The van der Waals surface area contributed by atoms with Gasteiger partial charge in [0.05, 0.1) is 0 Å². The van der Waals surface area contributed by atoms with E-state index in [1.165, 1.54) is 7.11 Å². The van der Waals surface area contributed by atoms with Gasteiger partial charge in [-0.05, 0) is 24.8 Å². The van der Waals surface area contributed by atoms with Gasteiger partial charge in [0.25, 0.3) is 0 Å². The number of rotatable bonds is 7. The first-order valence-corrected chi connectivity index (χ1v) is 4.97. The van der Waals surface area contributed by atoms with E-state index in [0.717, 1.165) is 12.8 Å². The van der Waals surface area contributed by atoms with Gasteiger partial charge < -0.3 is 15.8 Å². The number of ether oxygens (including phenoxy) is 1. The van der Waals surface area contributed by atoms with Crippen molar-refractivity contribution in [3.63, 3.8) is 0 Å². The topological polar surface area (TPSA) is 64.3 Å². The average molecular weight is 202 g/mol. The molecule has 0 fully saturated rings. The van der Waals surface area contributed by atoms with Crippen LogP contribution in [0.4, 0.5) is 0 Å². The fourth-order valence-electron chi connectivity index (χ4n) is 1.19. The smallest absolute Gasteiger partial charge is 0.246 e. The van der Waals surface area contributed by atoms with Gasteiger partial charge in [0, 0.05) is 13.7 Å². The first kappa shape index (κ1) is 13.4. The van der Waals surface area contributed by atoms with Crippen molar-refractivity contribution < 1.29 is 9.53 Å². The second kappa shape index (κ2) is 6.79. The maximum Gasteiger partial charge on any atom is 0.246 e. The van der Waals surface area contributed by atoms with Gasteiger partial charge in [0.2, 0.25) is 5.91 Å². The van der Waals surface area contributed by atoms with Crippen LogP contribution < -0.4 is 11.1 Å². The number of carbonyl (C=O) groups excluding carboxylic acids is 1. The third-order valence-corrected chi connectivity index (χ3v) is 2.10. The normalized spacial score (nSPS) is 11.4. The largest absolute Gasteiger partial charge is 0.375 e. The second-order valence-electron chi connectivity index (χ2n) is 4.27. The molecule has 4 heteroatoms. The van der Waals surface area contributed by atoms with Crippen molar-refractivity contribution in [1.82, 2.24) is 5.32 Å². The number of carbonyl (C=O) groups is 1. The minimum absolute atomic E-state index is 0.0617. The molecule has 3 N–H and O–H groups in total. The highest BCUT2D eigenvalue weighted by atomic mass is 16.5. The minimum Gasteiger partial charge on any atom is -0.375 e. The van der Waals surface area contributed by atoms with Gasteiger partial charge in [-0.2, -0.15) is 0 Å². The number of hydrogen-bond donors (Lipinski definition) is 2. The number of methoxy groups -OCH3 is 1. The van der Waals surface area contributed by atoms with E-state index in [9.17, 15) is 4.79 Å². The van der Waals surface area contributed by atoms with E-state index in [1.54, 1.807) is 0 Å². The zero-order chi connectivity index (χ0) is 11.0. The van der Waals surface area contributed by atoms with E-state index < -0.39 is 0 Å². The number of hydrogen-bond acceptors (Lipinski definition) is 3. The maximum atomic E-state index is 11.1. The lowest BCUT2D eigenvalue weighted by atomic mass is 9.88. The molecule has 1 amide bonds. The Balaban J connectivity index is 3.68. The highest BCUT2D eigenvalue weighted by Gasteiger charge is 2.17. The highest BCUT2D eigenvalue weighted by Crippen LogP contribution is 2.20. The van der Waals surface area contributed by atoms with Gasteiger partial charge in [-0.3, -0.25) is 4.79 Å². The molecule has 4 nitrogen and oxygen atoms in total. The SMILES string of the molecule is COCC(=O)NCC(C)(C)CCCN. The molecule has 0 unspecified atom stereocenters. The van der Waals surface area contributed by atoms with Crippen molar-refractivity contribution in [3.8, 4) is 0 Å². The summed E-state index contributed by atoms with van der Waals surface area (Å²) >= 11 is 0. The molecular weight excluding hydrogens is 180 g/mol. The summed E-state index contributed by atoms with van der Waals surface area (Å²) in [6, 6.07) is 0. The first-order valence-electron chi connectivity index (χ1n) is 4.97. The molecular formula is C10H22N2O2. The lowest BCUT2D eigenvalue weighted by molar-refractivity contribution is -0.125. The zero-order valence-electron chi connectivity index (χ0n) is 9.43. The molecule has 0 atom stereocenters. The molecule has 0 aromatic rings. The summed E-state index contributed by atoms with van der Waals surface area (Å²) in [6.07, 6.45) is 2.02. The van der Waals surface area contributed by atoms with E-state index in [2.05, 4.69) is 19.2 Å². The van der Waals surface area contributed by atoms with E-state index in [-0.39, 0.29) is 17.9 Å². The van der Waals surface area contributed by atoms with Crippen molar-refractivity contribution in [2.24, 2.45) is 11.1 Å². The van der Waals surface area contributed by atoms with Crippen molar-refractivity contribution >= 4 is 5.91 Å². The Kier molecular flexibility index (Phi) is 6.49. The monoisotopic (exact) mass is 202 g/mol. The van der Waals surface area contributed by atoms with Crippen LogP contribution in [0.1, 0.15) is 26.7 Å². The van der Waals surface area contributed by atoms with Gasteiger partial charge in [-0.15, -0.1) is 0 Å². The number of nitrogens with two attached hydrogens (primary N) is 1.